The predicted molar refractivity (Wildman–Crippen MR) is 564 cm³/mol. The van der Waals surface area contributed by atoms with Gasteiger partial charge in [0.15, 0.2) is 77.5 Å². The van der Waals surface area contributed by atoms with Crippen molar-refractivity contribution in [2.75, 3.05) is 197 Å². The molecule has 12 aliphatic heterocycles. The minimum atomic E-state index is -0.147. The molecule has 136 heavy (non-hydrogen) atoms. The minimum Gasteiger partial charge on any atom is -0.370 e. The first-order valence-electron chi connectivity index (χ1n) is 43.1. The van der Waals surface area contributed by atoms with Crippen LogP contribution in [0.2, 0.25) is 0 Å². The second-order valence-electron chi connectivity index (χ2n) is 31.4. The topological polar surface area (TPSA) is 736 Å². The molecule has 12 heterocycles. The van der Waals surface area contributed by atoms with Crippen LogP contribution >= 0.6 is 0 Å². The number of hydrogen-bond donors (Lipinski definition) is 24. The molecule has 32 N–H and O–H groups in total. The summed E-state index contributed by atoms with van der Waals surface area (Å²) in [6, 6.07) is 0. The Morgan fingerprint density at radius 1 is 0.213 bits per heavy atom. The minimum absolute atomic E-state index is 0.000926. The van der Waals surface area contributed by atoms with E-state index in [0.29, 0.717) is 59.6 Å². The largest absolute Gasteiger partial charge is 0.370 e. The quantitative estimate of drug-likeness (QED) is 0.107. The molecule has 0 unspecified atom stereocenters. The van der Waals surface area contributed by atoms with Gasteiger partial charge in [0.05, 0.1) is 12.3 Å². The maximum Gasteiger partial charge on any atom is 0.204 e. The van der Waals surface area contributed by atoms with E-state index in [-0.39, 0.29) is 74.0 Å². The Hall–Kier alpha value is -15.1. The van der Waals surface area contributed by atoms with Crippen molar-refractivity contribution in [2.24, 2.45) is 166 Å². The van der Waals surface area contributed by atoms with E-state index in [4.69, 9.17) is 45.9 Å². The highest BCUT2D eigenvalue weighted by Crippen LogP contribution is 2.11. The highest BCUT2D eigenvalue weighted by molar-refractivity contribution is 6.06. The van der Waals surface area contributed by atoms with Crippen molar-refractivity contribution >= 4 is 143 Å². The molecule has 12 aliphatic rings. The monoisotopic (exact) mass is 1920 g/mol. The van der Waals surface area contributed by atoms with Crippen LogP contribution in [0.3, 0.4) is 0 Å². The molecule has 0 saturated carbocycles. The van der Waals surface area contributed by atoms with Crippen LogP contribution < -0.4 is 131 Å². The molecule has 0 aromatic rings. The Morgan fingerprint density at radius 2 is 0.478 bits per heavy atom. The molecule has 0 amide bonds. The Labute approximate surface area is 803 Å². The SMILES string of the molecule is CC1N=C(N(C)C)N(C)C(N(C)C)=N1.CC1N=C(N(C)C)NC(N(C)C)=N1.CC1N=C(N)N(C)C(N)=N1.CC1N=C(N)NC(N)=N1.CN=C1NC(=NC)NC(C)N1.CN=C1NC(C)NC(=NC)N1C.CN=C1NC(N(C)C)=N[C@H](C)N1.CN=C1NC(N)=N[C@@H](C)N1.CN=C1NC(N)=N[C@@H](C)N1.CN=C1N[C@@H](C)N=C(N(C)C)N1C.CN=C1N[C@H](C)N=C(N)N1C.C[C@@H]1N=C(N)NC(N(C)C)=N1. The first kappa shape index (κ1) is 119. The first-order valence-corrected chi connectivity index (χ1v) is 43.1. The first-order chi connectivity index (χ1) is 63.5. The molecule has 2 saturated heterocycles. The zero-order valence-corrected chi connectivity index (χ0v) is 87.6. The zero-order chi connectivity index (χ0) is 104. The summed E-state index contributed by atoms with van der Waals surface area (Å²) in [5, 5.41) is 47.8. The van der Waals surface area contributed by atoms with Crippen LogP contribution in [0.4, 0.5) is 0 Å². The van der Waals surface area contributed by atoms with Crippen LogP contribution in [-0.4, -0.2) is 473 Å². The molecule has 2 fully saturated rings. The molecule has 0 aromatic heterocycles. The fourth-order valence-corrected chi connectivity index (χ4v) is 11.3. The van der Waals surface area contributed by atoms with Crippen molar-refractivity contribution in [1.82, 2.24) is 144 Å². The van der Waals surface area contributed by atoms with Crippen LogP contribution in [0, 0.1) is 0 Å². The summed E-state index contributed by atoms with van der Waals surface area (Å²) in [5.74, 6) is 16.2. The molecule has 768 valence electrons. The second-order valence-corrected chi connectivity index (χ2v) is 31.4. The summed E-state index contributed by atoms with van der Waals surface area (Å²) in [4.78, 5) is 121. The van der Waals surface area contributed by atoms with Gasteiger partial charge in [0, 0.05) is 197 Å². The Morgan fingerprint density at radius 3 is 0.824 bits per heavy atom. The standard InChI is InChI=1S/C9H19N5.2C8H17N5.2C7H15N5.3C6H13N5.3C5H11N5.C4H9N5/c1-7-10-8(12(2)3)14(6)9(11-7)13(4)5;1-6-9-7(12(2)3)11-8(10-6)13(4)5;1-6-10-7(9-2)13(5)8(11-6)12(3)4;1-5-9-6(8-2)11-7(10-5)12(3)4;1-5-10-6(8-2)12(4)7(9-3)11-5;1-4-8-5(7)10-6(9-4)11(2)3;1-4-9-5(7)11(3)6(8-2)10-4;1-4-9-5(7-2)11-6(8-3)10-4;1-3-8-4(6)10(2)5(7)9-3;2*1-3-8-4(6)10-5(7-2)9-3;1-2-7-3(5)9-4(6)8-2/h7H,1-6H3;6H,1-5H3,(H,9,10,11);6H,1-5H3,(H,9,10);5H,1-4H3,(H2,8,9,10,11);5H,1-4H3,(H,8,10)(H,9,11);4H,1-3H3,(H3,7,8,9,10);4H,1-3H3,(H2,7,9)(H,8,10);4H,1-3H3,(H3,7,8,9,10,11);3H,1-2H3,(H2,6,8)(H2,7,9);2*3H,1-2H3,(H4,6,7,8,9,10);2H,1H3,(H5,5,6,7,8,9)/t;;6-;5-;;2*4-;;;2*3-;/m..11.11..11./s1. The molecule has 12 rings (SSSR count). The normalized spacial score (nSPS) is 24.6. The van der Waals surface area contributed by atoms with Gasteiger partial charge in [-0.2, -0.15) is 0 Å². The fourth-order valence-electron chi connectivity index (χ4n) is 11.3. The maximum absolute atomic E-state index is 5.59. The van der Waals surface area contributed by atoms with Crippen molar-refractivity contribution < 1.29 is 0 Å². The molecule has 60 heteroatoms. The lowest BCUT2D eigenvalue weighted by atomic mass is 10.4. The van der Waals surface area contributed by atoms with Gasteiger partial charge in [-0.25, -0.2) is 74.9 Å². The summed E-state index contributed by atoms with van der Waals surface area (Å²) < 4.78 is 0. The number of nitrogens with one attached hydrogen (secondary N) is 16. The smallest absolute Gasteiger partial charge is 0.204 e. The van der Waals surface area contributed by atoms with Gasteiger partial charge >= 0.3 is 0 Å². The van der Waals surface area contributed by atoms with Crippen molar-refractivity contribution in [3.63, 3.8) is 0 Å². The van der Waals surface area contributed by atoms with E-state index in [1.54, 1.807) is 87.2 Å². The lowest BCUT2D eigenvalue weighted by molar-refractivity contribution is 0.447. The third-order valence-corrected chi connectivity index (χ3v) is 17.6. The maximum atomic E-state index is 5.59. The Balaban J connectivity index is 0.000000743. The van der Waals surface area contributed by atoms with Crippen LogP contribution in [0.5, 0.6) is 0 Å². The number of aliphatic imine (C=N–C) groups is 24. The van der Waals surface area contributed by atoms with Gasteiger partial charge in [-0.3, -0.25) is 107 Å². The van der Waals surface area contributed by atoms with Gasteiger partial charge in [-0.15, -0.1) is 0 Å². The third-order valence-electron chi connectivity index (χ3n) is 17.6. The van der Waals surface area contributed by atoms with E-state index >= 15 is 0 Å². The van der Waals surface area contributed by atoms with Crippen molar-refractivity contribution in [3.05, 3.63) is 0 Å². The lowest BCUT2D eigenvalue weighted by Gasteiger charge is -2.34. The molecule has 0 aromatic carbocycles. The molecule has 60 nitrogen and oxygen atoms in total. The number of hydrogen-bond acceptors (Lipinski definition) is 44. The molecule has 0 radical (unpaired) electrons. The number of rotatable bonds is 0. The van der Waals surface area contributed by atoms with Gasteiger partial charge in [-0.05, 0) is 83.1 Å². The van der Waals surface area contributed by atoms with Crippen molar-refractivity contribution in [3.8, 4) is 0 Å². The van der Waals surface area contributed by atoms with Crippen LogP contribution in [0.25, 0.3) is 0 Å². The average Bonchev–Trinajstić information content (AvgIpc) is 0.814. The van der Waals surface area contributed by atoms with Gasteiger partial charge in [0.25, 0.3) is 0 Å². The lowest BCUT2D eigenvalue weighted by Crippen LogP contribution is -2.62. The summed E-state index contributed by atoms with van der Waals surface area (Å²) in [6.07, 6.45) is 0.208. The molecule has 0 bridgehead atoms. The van der Waals surface area contributed by atoms with Crippen LogP contribution in [0.15, 0.2) is 120 Å². The van der Waals surface area contributed by atoms with Crippen LogP contribution in [0.1, 0.15) is 83.1 Å². The second kappa shape index (κ2) is 59.4. The van der Waals surface area contributed by atoms with Crippen LogP contribution in [-0.2, 0) is 0 Å². The van der Waals surface area contributed by atoms with Gasteiger partial charge < -0.3 is 128 Å². The molecule has 0 spiro atoms. The summed E-state index contributed by atoms with van der Waals surface area (Å²) >= 11 is 0. The summed E-state index contributed by atoms with van der Waals surface area (Å²) in [6.45, 7) is 23.2. The average molecular weight is 1920 g/mol. The van der Waals surface area contributed by atoms with E-state index in [2.05, 4.69) is 205 Å². The fraction of sp³-hybridized carbons (Fsp3) is 0.684. The molecule has 6 atom stereocenters. The van der Waals surface area contributed by atoms with E-state index in [1.165, 1.54) is 0 Å². The van der Waals surface area contributed by atoms with E-state index in [0.717, 1.165) is 83.4 Å². The Kier molecular flexibility index (Phi) is 51.9. The summed E-state index contributed by atoms with van der Waals surface area (Å²) in [5.41, 5.74) is 43.4. The third kappa shape index (κ3) is 43.5. The Bertz CT molecular complexity index is 4360. The van der Waals surface area contributed by atoms with E-state index in [9.17, 15) is 0 Å². The molecular formula is C76H164N60. The number of guanidine groups is 24. The van der Waals surface area contributed by atoms with E-state index in [1.807, 2.05) is 252 Å². The molecule has 0 aliphatic carbocycles. The van der Waals surface area contributed by atoms with Gasteiger partial charge in [0.2, 0.25) is 65.6 Å². The number of nitrogens with zero attached hydrogens (tertiary/aromatic N) is 36. The van der Waals surface area contributed by atoms with E-state index < -0.39 is 0 Å². The molecular weight excluding hydrogens is 1750 g/mol. The predicted octanol–water partition coefficient (Wildman–Crippen LogP) is -8.94. The van der Waals surface area contributed by atoms with Crippen molar-refractivity contribution in [1.29, 1.82) is 0 Å². The van der Waals surface area contributed by atoms with Gasteiger partial charge in [-0.1, -0.05) is 0 Å². The highest BCUT2D eigenvalue weighted by Gasteiger charge is 2.27. The van der Waals surface area contributed by atoms with Gasteiger partial charge in [0.1, 0.15) is 61.7 Å². The zero-order valence-electron chi connectivity index (χ0n) is 87.6. The summed E-state index contributed by atoms with van der Waals surface area (Å²) in [7, 11) is 52.3. The van der Waals surface area contributed by atoms with Crippen molar-refractivity contribution in [2.45, 2.75) is 157 Å². The number of nitrogens with two attached hydrogens (primary N) is 8. The highest BCUT2D eigenvalue weighted by atomic mass is 15.5.